The predicted octanol–water partition coefficient (Wildman–Crippen LogP) is 1.90. The Morgan fingerprint density at radius 3 is 2.70 bits per heavy atom. The minimum atomic E-state index is -0.632. The van der Waals surface area contributed by atoms with Gasteiger partial charge in [0.1, 0.15) is 5.82 Å². The smallest absolute Gasteiger partial charge is 0.227 e. The first kappa shape index (κ1) is 12.9. The zero-order chi connectivity index (χ0) is 14.3. The molecule has 0 saturated heterocycles. The molecule has 3 rings (SSSR count). The van der Waals surface area contributed by atoms with Gasteiger partial charge in [-0.15, -0.1) is 0 Å². The van der Waals surface area contributed by atoms with Crippen molar-refractivity contribution in [3.63, 3.8) is 0 Å². The number of anilines is 1. The fraction of sp³-hybridized carbons (Fsp3) is 0.429. The van der Waals surface area contributed by atoms with Crippen molar-refractivity contribution in [3.8, 4) is 0 Å². The van der Waals surface area contributed by atoms with Gasteiger partial charge in [-0.25, -0.2) is 4.39 Å². The van der Waals surface area contributed by atoms with E-state index in [1.54, 1.807) is 6.07 Å². The van der Waals surface area contributed by atoms with E-state index in [9.17, 15) is 9.18 Å². The van der Waals surface area contributed by atoms with Crippen LogP contribution in [0, 0.1) is 23.6 Å². The molecule has 0 bridgehead atoms. The second kappa shape index (κ2) is 4.77. The Balaban J connectivity index is 1.80. The molecule has 106 valence electrons. The van der Waals surface area contributed by atoms with Gasteiger partial charge < -0.3 is 16.3 Å². The Kier molecular flexibility index (Phi) is 3.08. The molecular formula is C14H16FN3O2. The molecule has 0 spiro atoms. The molecule has 0 aromatic heterocycles. The van der Waals surface area contributed by atoms with E-state index in [1.807, 2.05) is 0 Å². The van der Waals surface area contributed by atoms with Crippen LogP contribution in [0.2, 0.25) is 0 Å². The van der Waals surface area contributed by atoms with E-state index in [0.29, 0.717) is 11.8 Å². The van der Waals surface area contributed by atoms with Gasteiger partial charge in [0, 0.05) is 5.92 Å². The molecule has 1 aromatic rings. The van der Waals surface area contributed by atoms with Crippen LogP contribution in [0.5, 0.6) is 0 Å². The number of carbonyl (C=O) groups excluding carboxylic acids is 1. The van der Waals surface area contributed by atoms with E-state index in [2.05, 4.69) is 10.5 Å². The Hall–Kier alpha value is -2.11. The Labute approximate surface area is 115 Å². The summed E-state index contributed by atoms with van der Waals surface area (Å²) in [4.78, 5) is 12.2. The number of fused-ring (bicyclic) bond motifs is 1. The third-order valence-electron chi connectivity index (χ3n) is 4.25. The zero-order valence-corrected chi connectivity index (χ0v) is 10.8. The van der Waals surface area contributed by atoms with E-state index in [0.717, 1.165) is 12.8 Å². The lowest BCUT2D eigenvalue weighted by Gasteiger charge is -2.15. The van der Waals surface area contributed by atoms with Crippen molar-refractivity contribution >= 4 is 17.4 Å². The summed E-state index contributed by atoms with van der Waals surface area (Å²) >= 11 is 0. The summed E-state index contributed by atoms with van der Waals surface area (Å²) in [5.74, 6) is 0.278. The van der Waals surface area contributed by atoms with Crippen LogP contribution >= 0.6 is 0 Å². The first-order valence-corrected chi connectivity index (χ1v) is 6.67. The van der Waals surface area contributed by atoms with Crippen molar-refractivity contribution in [1.82, 2.24) is 0 Å². The number of amidine groups is 1. The quantitative estimate of drug-likeness (QED) is 0.341. The molecule has 2 fully saturated rings. The summed E-state index contributed by atoms with van der Waals surface area (Å²) in [5, 5.41) is 14.2. The largest absolute Gasteiger partial charge is 0.409 e. The second-order valence-corrected chi connectivity index (χ2v) is 5.56. The maximum absolute atomic E-state index is 13.8. The number of rotatable bonds is 3. The molecule has 6 heteroatoms. The summed E-state index contributed by atoms with van der Waals surface area (Å²) in [5.41, 5.74) is 5.63. The van der Waals surface area contributed by atoms with Gasteiger partial charge in [-0.3, -0.25) is 4.79 Å². The zero-order valence-electron chi connectivity index (χ0n) is 10.8. The number of halogens is 1. The number of amides is 1. The van der Waals surface area contributed by atoms with Crippen molar-refractivity contribution in [2.24, 2.45) is 28.6 Å². The fourth-order valence-electron chi connectivity index (χ4n) is 3.10. The number of hydrogen-bond donors (Lipinski definition) is 3. The van der Waals surface area contributed by atoms with Gasteiger partial charge in [-0.05, 0) is 43.2 Å². The van der Waals surface area contributed by atoms with E-state index >= 15 is 0 Å². The first-order valence-electron chi connectivity index (χ1n) is 6.67. The predicted molar refractivity (Wildman–Crippen MR) is 71.9 cm³/mol. The molecule has 2 aliphatic rings. The minimum absolute atomic E-state index is 0.0119. The highest BCUT2D eigenvalue weighted by atomic mass is 19.1. The van der Waals surface area contributed by atoms with Crippen LogP contribution in [0.4, 0.5) is 10.1 Å². The third-order valence-corrected chi connectivity index (χ3v) is 4.25. The average molecular weight is 277 g/mol. The van der Waals surface area contributed by atoms with Gasteiger partial charge in [0.25, 0.3) is 0 Å². The fourth-order valence-corrected chi connectivity index (χ4v) is 3.10. The van der Waals surface area contributed by atoms with Crippen LogP contribution in [0.25, 0.3) is 0 Å². The molecule has 5 nitrogen and oxygen atoms in total. The molecule has 1 aromatic carbocycles. The molecule has 0 heterocycles. The summed E-state index contributed by atoms with van der Waals surface area (Å²) < 4.78 is 13.8. The summed E-state index contributed by atoms with van der Waals surface area (Å²) in [7, 11) is 0. The van der Waals surface area contributed by atoms with Gasteiger partial charge in [-0.1, -0.05) is 11.2 Å². The van der Waals surface area contributed by atoms with Crippen LogP contribution in [0.15, 0.2) is 23.4 Å². The Morgan fingerprint density at radius 2 is 2.05 bits per heavy atom. The molecule has 2 unspecified atom stereocenters. The van der Waals surface area contributed by atoms with Crippen LogP contribution in [-0.2, 0) is 4.79 Å². The van der Waals surface area contributed by atoms with Crippen molar-refractivity contribution in [1.29, 1.82) is 0 Å². The van der Waals surface area contributed by atoms with Crippen LogP contribution in [0.3, 0.4) is 0 Å². The lowest BCUT2D eigenvalue weighted by atomic mass is 10.0. The van der Waals surface area contributed by atoms with Crippen LogP contribution < -0.4 is 11.1 Å². The van der Waals surface area contributed by atoms with Gasteiger partial charge in [0.15, 0.2) is 5.84 Å². The third kappa shape index (κ3) is 2.21. The maximum Gasteiger partial charge on any atom is 0.227 e. The SMILES string of the molecule is N/C(=N/O)c1c(F)cccc1NC(=O)C1CC2CC2C1. The number of benzene rings is 1. The highest BCUT2D eigenvalue weighted by molar-refractivity contribution is 6.06. The monoisotopic (exact) mass is 277 g/mol. The highest BCUT2D eigenvalue weighted by Gasteiger charge is 2.48. The topological polar surface area (TPSA) is 87.7 Å². The minimum Gasteiger partial charge on any atom is -0.409 e. The van der Waals surface area contributed by atoms with E-state index in [-0.39, 0.29) is 28.9 Å². The second-order valence-electron chi connectivity index (χ2n) is 5.56. The lowest BCUT2D eigenvalue weighted by Crippen LogP contribution is -2.25. The molecule has 2 aliphatic carbocycles. The first-order chi connectivity index (χ1) is 9.60. The van der Waals surface area contributed by atoms with Crippen LogP contribution in [-0.4, -0.2) is 17.0 Å². The standard InChI is InChI=1S/C14H16FN3O2/c15-10-2-1-3-11(12(10)13(16)18-20)17-14(19)9-5-7-4-8(7)6-9/h1-3,7-9,20H,4-6H2,(H2,16,18)(H,17,19). The average Bonchev–Trinajstić information content (AvgIpc) is 3.04. The molecule has 2 saturated carbocycles. The van der Waals surface area contributed by atoms with Crippen molar-refractivity contribution in [2.75, 3.05) is 5.32 Å². The van der Waals surface area contributed by atoms with E-state index in [1.165, 1.54) is 18.6 Å². The van der Waals surface area contributed by atoms with Crippen molar-refractivity contribution < 1.29 is 14.4 Å². The van der Waals surface area contributed by atoms with Crippen LogP contribution in [0.1, 0.15) is 24.8 Å². The van der Waals surface area contributed by atoms with Gasteiger partial charge in [0.05, 0.1) is 11.3 Å². The summed E-state index contributed by atoms with van der Waals surface area (Å²) in [6.07, 6.45) is 3.05. The molecule has 2 atom stereocenters. The van der Waals surface area contributed by atoms with E-state index < -0.39 is 5.82 Å². The van der Waals surface area contributed by atoms with Gasteiger partial charge >= 0.3 is 0 Å². The van der Waals surface area contributed by atoms with Gasteiger partial charge in [-0.2, -0.15) is 0 Å². The number of hydrogen-bond acceptors (Lipinski definition) is 3. The Morgan fingerprint density at radius 1 is 1.35 bits per heavy atom. The maximum atomic E-state index is 13.8. The highest BCUT2D eigenvalue weighted by Crippen LogP contribution is 2.54. The molecule has 0 aliphatic heterocycles. The van der Waals surface area contributed by atoms with E-state index in [4.69, 9.17) is 10.9 Å². The normalized spacial score (nSPS) is 28.1. The molecule has 4 N–H and O–H groups in total. The number of carbonyl (C=O) groups is 1. The lowest BCUT2D eigenvalue weighted by molar-refractivity contribution is -0.120. The van der Waals surface area contributed by atoms with Crippen molar-refractivity contribution in [3.05, 3.63) is 29.6 Å². The molecular weight excluding hydrogens is 261 g/mol. The summed E-state index contributed by atoms with van der Waals surface area (Å²) in [6.45, 7) is 0. The Bertz CT molecular complexity index is 578. The molecule has 1 amide bonds. The van der Waals surface area contributed by atoms with Gasteiger partial charge in [0.2, 0.25) is 5.91 Å². The molecule has 20 heavy (non-hydrogen) atoms. The number of nitrogens with one attached hydrogen (secondary N) is 1. The number of oxime groups is 1. The summed E-state index contributed by atoms with van der Waals surface area (Å²) in [6, 6.07) is 4.23. The number of nitrogens with zero attached hydrogens (tertiary/aromatic N) is 1. The number of nitrogens with two attached hydrogens (primary N) is 1. The molecule has 0 radical (unpaired) electrons. The van der Waals surface area contributed by atoms with Crippen molar-refractivity contribution in [2.45, 2.75) is 19.3 Å².